The zero-order valence-electron chi connectivity index (χ0n) is 14.7. The van der Waals surface area contributed by atoms with Crippen molar-refractivity contribution in [2.45, 2.75) is 25.0 Å². The number of likely N-dealkylation sites (N-methyl/N-ethyl adjacent to an activating group) is 1. The lowest BCUT2D eigenvalue weighted by Gasteiger charge is -2.22. The van der Waals surface area contributed by atoms with E-state index in [1.165, 1.54) is 12.8 Å². The summed E-state index contributed by atoms with van der Waals surface area (Å²) >= 11 is 0. The normalized spacial score (nSPS) is 28.4. The molecule has 0 unspecified atom stereocenters. The molecule has 1 aromatic carbocycles. The minimum absolute atomic E-state index is 0.00107. The van der Waals surface area contributed by atoms with Crippen LogP contribution in [0.25, 0.3) is 0 Å². The summed E-state index contributed by atoms with van der Waals surface area (Å²) in [6.07, 6.45) is 2.00. The quantitative estimate of drug-likeness (QED) is 0.810. The van der Waals surface area contributed by atoms with E-state index in [1.54, 1.807) is 36.3 Å². The van der Waals surface area contributed by atoms with Crippen LogP contribution >= 0.6 is 0 Å². The molecular weight excluding hydrogens is 320 g/mol. The molecule has 2 saturated heterocycles. The Morgan fingerprint density at radius 1 is 1.20 bits per heavy atom. The van der Waals surface area contributed by atoms with E-state index < -0.39 is 6.10 Å². The number of rotatable bonds is 5. The molecule has 0 radical (unpaired) electrons. The lowest BCUT2D eigenvalue weighted by atomic mass is 10.0. The maximum absolute atomic E-state index is 12.8. The minimum Gasteiger partial charge on any atom is -0.497 e. The van der Waals surface area contributed by atoms with E-state index in [9.17, 15) is 9.59 Å². The summed E-state index contributed by atoms with van der Waals surface area (Å²) in [6, 6.07) is 7.21. The molecule has 6 nitrogen and oxygen atoms in total. The number of likely N-dealkylation sites (tertiary alicyclic amines) is 2. The zero-order chi connectivity index (χ0) is 17.6. The number of methoxy groups -OCH3 is 1. The standard InChI is InChI=1S/C19H24N2O4/c1-20-16-10-21(18(22)13-5-7-14(24-2)8-6-13)9-15(16)17(19(20)23)25-11-12-3-4-12/h5-8,12,15-17H,3-4,9-11H2,1-2H3/t15-,16+,17-/m0/s1. The molecule has 3 aliphatic rings. The molecule has 4 rings (SSSR count). The van der Waals surface area contributed by atoms with Gasteiger partial charge in [0.05, 0.1) is 19.8 Å². The van der Waals surface area contributed by atoms with Crippen LogP contribution in [0.3, 0.4) is 0 Å². The van der Waals surface area contributed by atoms with E-state index in [1.807, 2.05) is 11.9 Å². The highest BCUT2D eigenvalue weighted by Gasteiger charge is 2.53. The van der Waals surface area contributed by atoms with Gasteiger partial charge in [-0.1, -0.05) is 0 Å². The first-order valence-electron chi connectivity index (χ1n) is 8.90. The molecule has 2 amide bonds. The van der Waals surface area contributed by atoms with Gasteiger partial charge in [0.1, 0.15) is 11.9 Å². The van der Waals surface area contributed by atoms with Gasteiger partial charge in [0.15, 0.2) is 0 Å². The van der Waals surface area contributed by atoms with Crippen molar-refractivity contribution >= 4 is 11.8 Å². The van der Waals surface area contributed by atoms with E-state index in [0.717, 1.165) is 5.75 Å². The maximum Gasteiger partial charge on any atom is 0.253 e. The number of benzene rings is 1. The molecule has 3 atom stereocenters. The average Bonchev–Trinajstić information content (AvgIpc) is 3.32. The van der Waals surface area contributed by atoms with Gasteiger partial charge in [-0.25, -0.2) is 0 Å². The van der Waals surface area contributed by atoms with Gasteiger partial charge in [-0.15, -0.1) is 0 Å². The fourth-order valence-electron chi connectivity index (χ4n) is 3.87. The molecule has 25 heavy (non-hydrogen) atoms. The largest absolute Gasteiger partial charge is 0.497 e. The first-order valence-corrected chi connectivity index (χ1v) is 8.90. The monoisotopic (exact) mass is 344 g/mol. The third-order valence-corrected chi connectivity index (χ3v) is 5.64. The Kier molecular flexibility index (Phi) is 4.15. The predicted octanol–water partition coefficient (Wildman–Crippen LogP) is 1.40. The molecule has 134 valence electrons. The second-order valence-corrected chi connectivity index (χ2v) is 7.32. The number of amides is 2. The van der Waals surface area contributed by atoms with Crippen molar-refractivity contribution < 1.29 is 19.1 Å². The van der Waals surface area contributed by atoms with E-state index in [4.69, 9.17) is 9.47 Å². The summed E-state index contributed by atoms with van der Waals surface area (Å²) in [5.41, 5.74) is 0.644. The molecule has 2 heterocycles. The summed E-state index contributed by atoms with van der Waals surface area (Å²) in [7, 11) is 3.43. The van der Waals surface area contributed by atoms with Gasteiger partial charge in [0.2, 0.25) is 0 Å². The van der Waals surface area contributed by atoms with Crippen molar-refractivity contribution in [3.63, 3.8) is 0 Å². The van der Waals surface area contributed by atoms with E-state index in [2.05, 4.69) is 0 Å². The molecule has 0 aromatic heterocycles. The minimum atomic E-state index is -0.399. The first kappa shape index (κ1) is 16.4. The van der Waals surface area contributed by atoms with Crippen molar-refractivity contribution in [2.24, 2.45) is 11.8 Å². The molecule has 0 bridgehead atoms. The summed E-state index contributed by atoms with van der Waals surface area (Å²) in [4.78, 5) is 28.9. The first-order chi connectivity index (χ1) is 12.1. The molecule has 1 aliphatic carbocycles. The third-order valence-electron chi connectivity index (χ3n) is 5.64. The number of ether oxygens (including phenoxy) is 2. The van der Waals surface area contributed by atoms with Gasteiger partial charge >= 0.3 is 0 Å². The van der Waals surface area contributed by atoms with Crippen LogP contribution in [0.15, 0.2) is 24.3 Å². The Morgan fingerprint density at radius 2 is 1.92 bits per heavy atom. The molecule has 0 N–H and O–H groups in total. The smallest absolute Gasteiger partial charge is 0.253 e. The van der Waals surface area contributed by atoms with Gasteiger partial charge in [0.25, 0.3) is 11.8 Å². The third kappa shape index (κ3) is 2.99. The van der Waals surface area contributed by atoms with Crippen LogP contribution in [-0.4, -0.2) is 67.6 Å². The summed E-state index contributed by atoms with van der Waals surface area (Å²) in [5, 5.41) is 0. The fourth-order valence-corrected chi connectivity index (χ4v) is 3.87. The molecule has 0 spiro atoms. The van der Waals surface area contributed by atoms with Crippen molar-refractivity contribution in [1.82, 2.24) is 9.80 Å². The van der Waals surface area contributed by atoms with Gasteiger partial charge < -0.3 is 19.3 Å². The second-order valence-electron chi connectivity index (χ2n) is 7.32. The van der Waals surface area contributed by atoms with Gasteiger partial charge in [-0.2, -0.15) is 0 Å². The molecule has 1 aromatic rings. The maximum atomic E-state index is 12.8. The Labute approximate surface area is 147 Å². The van der Waals surface area contributed by atoms with E-state index in [-0.39, 0.29) is 23.8 Å². The number of hydrogen-bond acceptors (Lipinski definition) is 4. The molecule has 1 saturated carbocycles. The Balaban J connectivity index is 1.45. The predicted molar refractivity (Wildman–Crippen MR) is 91.4 cm³/mol. The number of nitrogens with zero attached hydrogens (tertiary/aromatic N) is 2. The van der Waals surface area contributed by atoms with Crippen molar-refractivity contribution in [1.29, 1.82) is 0 Å². The molecule has 3 fully saturated rings. The van der Waals surface area contributed by atoms with Crippen LogP contribution < -0.4 is 4.74 Å². The van der Waals surface area contributed by atoms with Crippen LogP contribution in [0.4, 0.5) is 0 Å². The highest BCUT2D eigenvalue weighted by Crippen LogP contribution is 2.36. The van der Waals surface area contributed by atoms with Crippen molar-refractivity contribution in [3.05, 3.63) is 29.8 Å². The van der Waals surface area contributed by atoms with E-state index >= 15 is 0 Å². The lowest BCUT2D eigenvalue weighted by Crippen LogP contribution is -2.39. The molecular formula is C19H24N2O4. The van der Waals surface area contributed by atoms with Crippen LogP contribution in [-0.2, 0) is 9.53 Å². The zero-order valence-corrected chi connectivity index (χ0v) is 14.7. The Bertz CT molecular complexity index is 671. The van der Waals surface area contributed by atoms with Gasteiger partial charge in [0, 0.05) is 31.6 Å². The summed E-state index contributed by atoms with van der Waals surface area (Å²) in [6.45, 7) is 1.81. The van der Waals surface area contributed by atoms with Crippen LogP contribution in [0.1, 0.15) is 23.2 Å². The van der Waals surface area contributed by atoms with Gasteiger partial charge in [-0.3, -0.25) is 9.59 Å². The van der Waals surface area contributed by atoms with Crippen molar-refractivity contribution in [3.8, 4) is 5.75 Å². The highest BCUT2D eigenvalue weighted by molar-refractivity contribution is 5.95. The lowest BCUT2D eigenvalue weighted by molar-refractivity contribution is -0.138. The Morgan fingerprint density at radius 3 is 2.56 bits per heavy atom. The average molecular weight is 344 g/mol. The number of carbonyl (C=O) groups excluding carboxylic acids is 2. The van der Waals surface area contributed by atoms with Crippen molar-refractivity contribution in [2.75, 3.05) is 33.9 Å². The fraction of sp³-hybridized carbons (Fsp3) is 0.579. The highest BCUT2D eigenvalue weighted by atomic mass is 16.5. The van der Waals surface area contributed by atoms with Crippen LogP contribution in [0.2, 0.25) is 0 Å². The Hall–Kier alpha value is -2.08. The number of fused-ring (bicyclic) bond motifs is 1. The second kappa shape index (κ2) is 6.33. The summed E-state index contributed by atoms with van der Waals surface area (Å²) < 4.78 is 11.1. The molecule has 6 heteroatoms. The van der Waals surface area contributed by atoms with Crippen LogP contribution in [0.5, 0.6) is 5.75 Å². The topological polar surface area (TPSA) is 59.1 Å². The number of hydrogen-bond donors (Lipinski definition) is 0. The SMILES string of the molecule is COc1ccc(C(=O)N2C[C@@H]3[C@H](OCC4CC4)C(=O)N(C)[C@@H]3C2)cc1. The van der Waals surface area contributed by atoms with Gasteiger partial charge in [-0.05, 0) is 43.0 Å². The number of carbonyl (C=O) groups is 2. The summed E-state index contributed by atoms with van der Waals surface area (Å²) in [5.74, 6) is 1.48. The van der Waals surface area contributed by atoms with E-state index in [0.29, 0.717) is 31.2 Å². The molecule has 2 aliphatic heterocycles. The van der Waals surface area contributed by atoms with Crippen LogP contribution in [0, 0.1) is 11.8 Å².